The molecule has 0 saturated carbocycles. The van der Waals surface area contributed by atoms with Crippen molar-refractivity contribution in [3.05, 3.63) is 41.3 Å². The lowest BCUT2D eigenvalue weighted by atomic mass is 10.1. The molecule has 0 aliphatic carbocycles. The highest BCUT2D eigenvalue weighted by molar-refractivity contribution is 6.31. The van der Waals surface area contributed by atoms with Gasteiger partial charge in [0.2, 0.25) is 0 Å². The van der Waals surface area contributed by atoms with E-state index in [1.54, 1.807) is 12.1 Å². The first-order chi connectivity index (χ1) is 5.11. The predicted octanol–water partition coefficient (Wildman–Crippen LogP) is 3.49. The zero-order chi connectivity index (χ0) is 8.43. The Morgan fingerprint density at radius 1 is 1.55 bits per heavy atom. The average Bonchev–Trinajstić information content (AvgIpc) is 1.85. The van der Waals surface area contributed by atoms with E-state index in [1.165, 1.54) is 0 Å². The minimum absolute atomic E-state index is 0.451. The summed E-state index contributed by atoms with van der Waals surface area (Å²) in [6, 6.07) is 5.21. The van der Waals surface area contributed by atoms with Gasteiger partial charge in [0.15, 0.2) is 0 Å². The molecule has 0 bridgehead atoms. The monoisotopic (exact) mass is 171 g/mol. The lowest BCUT2D eigenvalue weighted by molar-refractivity contribution is 0.411. The van der Waals surface area contributed by atoms with E-state index in [0.29, 0.717) is 10.6 Å². The predicted molar refractivity (Wildman–Crippen MR) is 45.4 cm³/mol. The molecule has 1 aromatic rings. The zero-order valence-corrected chi connectivity index (χ0v) is 7.03. The van der Waals surface area contributed by atoms with Crippen molar-refractivity contribution in [1.82, 2.24) is 0 Å². The molecular formula is C9H9ClF. The molecule has 0 spiro atoms. The molecule has 1 aromatic carbocycles. The van der Waals surface area contributed by atoms with Gasteiger partial charge >= 0.3 is 0 Å². The van der Waals surface area contributed by atoms with Gasteiger partial charge in [0.1, 0.15) is 6.17 Å². The highest BCUT2D eigenvalue weighted by Gasteiger charge is 2.06. The molecule has 0 heterocycles. The van der Waals surface area contributed by atoms with Gasteiger partial charge in [0.05, 0.1) is 0 Å². The van der Waals surface area contributed by atoms with Crippen LogP contribution < -0.4 is 0 Å². The molecule has 0 nitrogen and oxygen atoms in total. The number of alkyl halides is 1. The molecule has 11 heavy (non-hydrogen) atoms. The Morgan fingerprint density at radius 2 is 2.18 bits per heavy atom. The minimum Gasteiger partial charge on any atom is -0.242 e. The first-order valence-corrected chi connectivity index (χ1v) is 3.72. The number of aryl methyl sites for hydroxylation is 1. The van der Waals surface area contributed by atoms with Crippen LogP contribution in [0.4, 0.5) is 4.39 Å². The molecule has 1 atom stereocenters. The van der Waals surface area contributed by atoms with E-state index in [9.17, 15) is 4.39 Å². The summed E-state index contributed by atoms with van der Waals surface area (Å²) in [6.07, 6.45) is -1.23. The van der Waals surface area contributed by atoms with E-state index < -0.39 is 6.17 Å². The van der Waals surface area contributed by atoms with E-state index >= 15 is 0 Å². The van der Waals surface area contributed by atoms with Crippen molar-refractivity contribution in [2.45, 2.75) is 13.1 Å². The molecule has 1 unspecified atom stereocenters. The maximum Gasteiger partial charge on any atom is 0.127 e. The number of benzene rings is 1. The minimum atomic E-state index is -1.23. The van der Waals surface area contributed by atoms with Crippen LogP contribution in [0.2, 0.25) is 5.02 Å². The third kappa shape index (κ3) is 1.93. The molecule has 0 N–H and O–H groups in total. The third-order valence-corrected chi connectivity index (χ3v) is 1.82. The Bertz CT molecular complexity index is 256. The van der Waals surface area contributed by atoms with Crippen LogP contribution in [0.15, 0.2) is 18.2 Å². The summed E-state index contributed by atoms with van der Waals surface area (Å²) >= 11 is 5.74. The standard InChI is InChI=1S/C9H9ClF/c1-6-3-4-8(7(2)11)9(10)5-6/h3-5,7H,2H2,1H3. The Labute approximate surface area is 71.0 Å². The van der Waals surface area contributed by atoms with Crippen molar-refractivity contribution in [3.63, 3.8) is 0 Å². The van der Waals surface area contributed by atoms with Crippen LogP contribution in [-0.2, 0) is 0 Å². The first-order valence-electron chi connectivity index (χ1n) is 3.34. The van der Waals surface area contributed by atoms with Crippen molar-refractivity contribution >= 4 is 11.6 Å². The second-order valence-electron chi connectivity index (χ2n) is 2.49. The van der Waals surface area contributed by atoms with Crippen molar-refractivity contribution in [2.24, 2.45) is 0 Å². The van der Waals surface area contributed by atoms with Crippen LogP contribution in [0.1, 0.15) is 17.3 Å². The molecule has 0 aliphatic heterocycles. The van der Waals surface area contributed by atoms with Crippen molar-refractivity contribution in [3.8, 4) is 0 Å². The van der Waals surface area contributed by atoms with Gasteiger partial charge in [-0.05, 0) is 25.5 Å². The van der Waals surface area contributed by atoms with Gasteiger partial charge in [-0.15, -0.1) is 0 Å². The topological polar surface area (TPSA) is 0 Å². The second kappa shape index (κ2) is 3.22. The van der Waals surface area contributed by atoms with Gasteiger partial charge in [-0.3, -0.25) is 0 Å². The van der Waals surface area contributed by atoms with Crippen LogP contribution in [0.5, 0.6) is 0 Å². The molecule has 1 rings (SSSR count). The Balaban J connectivity index is 3.09. The van der Waals surface area contributed by atoms with Gasteiger partial charge < -0.3 is 0 Å². The first kappa shape index (κ1) is 8.54. The molecule has 2 heteroatoms. The maximum absolute atomic E-state index is 12.6. The lowest BCUT2D eigenvalue weighted by Crippen LogP contribution is -1.87. The van der Waals surface area contributed by atoms with Crippen molar-refractivity contribution < 1.29 is 4.39 Å². The van der Waals surface area contributed by atoms with Gasteiger partial charge in [-0.2, -0.15) is 0 Å². The molecule has 0 aromatic heterocycles. The maximum atomic E-state index is 12.6. The average molecular weight is 172 g/mol. The van der Waals surface area contributed by atoms with Crippen LogP contribution in [-0.4, -0.2) is 0 Å². The quantitative estimate of drug-likeness (QED) is 0.607. The fourth-order valence-corrected chi connectivity index (χ4v) is 1.24. The number of halogens is 2. The van der Waals surface area contributed by atoms with Crippen LogP contribution in [0.25, 0.3) is 0 Å². The van der Waals surface area contributed by atoms with Gasteiger partial charge in [0, 0.05) is 10.6 Å². The second-order valence-corrected chi connectivity index (χ2v) is 2.90. The van der Waals surface area contributed by atoms with Crippen LogP contribution in [0.3, 0.4) is 0 Å². The molecule has 59 valence electrons. The molecule has 0 amide bonds. The van der Waals surface area contributed by atoms with E-state index in [4.69, 9.17) is 11.6 Å². The zero-order valence-electron chi connectivity index (χ0n) is 6.27. The largest absolute Gasteiger partial charge is 0.242 e. The van der Waals surface area contributed by atoms with E-state index in [1.807, 2.05) is 13.0 Å². The van der Waals surface area contributed by atoms with Gasteiger partial charge in [0.25, 0.3) is 0 Å². The smallest absolute Gasteiger partial charge is 0.127 e. The number of hydrogen-bond donors (Lipinski definition) is 0. The highest BCUT2D eigenvalue weighted by atomic mass is 35.5. The summed E-state index contributed by atoms with van der Waals surface area (Å²) in [7, 11) is 0. The fourth-order valence-electron chi connectivity index (χ4n) is 0.886. The molecule has 0 fully saturated rings. The van der Waals surface area contributed by atoms with Crippen molar-refractivity contribution in [2.75, 3.05) is 0 Å². The number of hydrogen-bond acceptors (Lipinski definition) is 0. The van der Waals surface area contributed by atoms with Gasteiger partial charge in [-0.25, -0.2) is 4.39 Å². The van der Waals surface area contributed by atoms with Gasteiger partial charge in [-0.1, -0.05) is 23.7 Å². The number of rotatable bonds is 1. The van der Waals surface area contributed by atoms with Crippen molar-refractivity contribution in [1.29, 1.82) is 0 Å². The summed E-state index contributed by atoms with van der Waals surface area (Å²) in [5.74, 6) is 0. The summed E-state index contributed by atoms with van der Waals surface area (Å²) in [5, 5.41) is 0.451. The van der Waals surface area contributed by atoms with Crippen LogP contribution >= 0.6 is 11.6 Å². The Kier molecular flexibility index (Phi) is 2.50. The van der Waals surface area contributed by atoms with E-state index in [-0.39, 0.29) is 0 Å². The molecule has 1 radical (unpaired) electrons. The SMILES string of the molecule is [CH2]C(F)c1ccc(C)cc1Cl. The molecule has 0 saturated heterocycles. The fraction of sp³-hybridized carbons (Fsp3) is 0.222. The lowest BCUT2D eigenvalue weighted by Gasteiger charge is -2.04. The molecule has 0 aliphatic rings. The summed E-state index contributed by atoms with van der Waals surface area (Å²) in [5.41, 5.74) is 1.48. The Morgan fingerprint density at radius 3 is 2.64 bits per heavy atom. The summed E-state index contributed by atoms with van der Waals surface area (Å²) < 4.78 is 12.6. The normalized spacial score (nSPS) is 13.1. The van der Waals surface area contributed by atoms with E-state index in [0.717, 1.165) is 5.56 Å². The molecular weight excluding hydrogens is 163 g/mol. The third-order valence-electron chi connectivity index (χ3n) is 1.49. The summed E-state index contributed by atoms with van der Waals surface area (Å²) in [4.78, 5) is 0. The summed E-state index contributed by atoms with van der Waals surface area (Å²) in [6.45, 7) is 5.16. The van der Waals surface area contributed by atoms with E-state index in [2.05, 4.69) is 6.92 Å². The Hall–Kier alpha value is -0.560. The van der Waals surface area contributed by atoms with Crippen LogP contribution in [0, 0.1) is 13.8 Å². The highest BCUT2D eigenvalue weighted by Crippen LogP contribution is 2.25.